The lowest BCUT2D eigenvalue weighted by molar-refractivity contribution is -0.389. The van der Waals surface area contributed by atoms with Crippen molar-refractivity contribution in [3.05, 3.63) is 45.3 Å². The topological polar surface area (TPSA) is 143 Å². The minimum atomic E-state index is -1.33. The molecule has 0 aliphatic carbocycles. The number of carboxylic acids is 2. The zero-order chi connectivity index (χ0) is 17.3. The van der Waals surface area contributed by atoms with Gasteiger partial charge in [-0.2, -0.15) is 0 Å². The molecular weight excluding hydrogens is 306 g/mol. The predicted octanol–water partition coefficient (Wildman–Crippen LogP) is 1.61. The monoisotopic (exact) mass is 319 g/mol. The van der Waals surface area contributed by atoms with E-state index in [9.17, 15) is 29.9 Å². The standard InChI is InChI=1S/C14H13N3O6/c1-6-10(13(18)19)12(11(14(20)21)7(2)15-6)8-4-3-5-9(16-8)17(22)23/h3-5,10,12H,1-2H3,(H,18,19)(H,20,21). The number of nitro groups is 1. The summed E-state index contributed by atoms with van der Waals surface area (Å²) in [4.78, 5) is 41.1. The van der Waals surface area contributed by atoms with Crippen molar-refractivity contribution in [1.29, 1.82) is 0 Å². The summed E-state index contributed by atoms with van der Waals surface area (Å²) < 4.78 is 0. The predicted molar refractivity (Wildman–Crippen MR) is 78.2 cm³/mol. The second kappa shape index (κ2) is 5.95. The van der Waals surface area contributed by atoms with E-state index in [4.69, 9.17) is 0 Å². The molecule has 1 aliphatic heterocycles. The third-order valence-electron chi connectivity index (χ3n) is 3.59. The van der Waals surface area contributed by atoms with Gasteiger partial charge in [-0.1, -0.05) is 0 Å². The van der Waals surface area contributed by atoms with Gasteiger partial charge in [0.1, 0.15) is 5.92 Å². The molecule has 0 amide bonds. The van der Waals surface area contributed by atoms with E-state index in [1.807, 2.05) is 0 Å². The van der Waals surface area contributed by atoms with Crippen LogP contribution in [0.2, 0.25) is 0 Å². The number of hydrogen-bond acceptors (Lipinski definition) is 6. The summed E-state index contributed by atoms with van der Waals surface area (Å²) in [6.07, 6.45) is 0. The Hall–Kier alpha value is -3.10. The van der Waals surface area contributed by atoms with E-state index in [2.05, 4.69) is 9.98 Å². The number of aliphatic imine (C=N–C) groups is 1. The Labute approximate surface area is 130 Å². The highest BCUT2D eigenvalue weighted by molar-refractivity contribution is 6.06. The molecule has 0 aromatic carbocycles. The molecule has 0 fully saturated rings. The summed E-state index contributed by atoms with van der Waals surface area (Å²) in [7, 11) is 0. The van der Waals surface area contributed by atoms with Crippen LogP contribution in [0, 0.1) is 16.0 Å². The van der Waals surface area contributed by atoms with Gasteiger partial charge in [0, 0.05) is 17.5 Å². The number of pyridine rings is 1. The molecule has 1 aromatic rings. The average Bonchev–Trinajstić information content (AvgIpc) is 2.45. The van der Waals surface area contributed by atoms with E-state index in [-0.39, 0.29) is 22.7 Å². The van der Waals surface area contributed by atoms with Crippen LogP contribution in [-0.2, 0) is 9.59 Å². The highest BCUT2D eigenvalue weighted by atomic mass is 16.6. The first-order valence-corrected chi connectivity index (χ1v) is 6.57. The maximum Gasteiger partial charge on any atom is 0.363 e. The molecular formula is C14H13N3O6. The van der Waals surface area contributed by atoms with Crippen molar-refractivity contribution in [3.8, 4) is 0 Å². The van der Waals surface area contributed by atoms with Crippen LogP contribution >= 0.6 is 0 Å². The quantitative estimate of drug-likeness (QED) is 0.633. The SMILES string of the molecule is CC1=NC(C)=C(C(=O)O)C(c2cccc([N+](=O)[O-])n2)C1C(=O)O. The Bertz CT molecular complexity index is 768. The lowest BCUT2D eigenvalue weighted by Gasteiger charge is -2.27. The molecule has 2 rings (SSSR count). The van der Waals surface area contributed by atoms with Gasteiger partial charge < -0.3 is 20.3 Å². The van der Waals surface area contributed by atoms with Gasteiger partial charge in [0.05, 0.1) is 11.5 Å². The van der Waals surface area contributed by atoms with Crippen molar-refractivity contribution < 1.29 is 24.7 Å². The summed E-state index contributed by atoms with van der Waals surface area (Å²) in [5, 5.41) is 29.7. The third kappa shape index (κ3) is 2.93. The van der Waals surface area contributed by atoms with Crippen LogP contribution < -0.4 is 0 Å². The minimum absolute atomic E-state index is 0.0117. The molecule has 0 saturated carbocycles. The van der Waals surface area contributed by atoms with Crippen molar-refractivity contribution in [2.45, 2.75) is 19.8 Å². The number of hydrogen-bond donors (Lipinski definition) is 2. The molecule has 2 atom stereocenters. The van der Waals surface area contributed by atoms with E-state index in [1.165, 1.54) is 26.0 Å². The molecule has 23 heavy (non-hydrogen) atoms. The fraction of sp³-hybridized carbons (Fsp3) is 0.286. The molecule has 0 spiro atoms. The first-order valence-electron chi connectivity index (χ1n) is 6.57. The van der Waals surface area contributed by atoms with Gasteiger partial charge in [-0.15, -0.1) is 0 Å². The first kappa shape index (κ1) is 16.3. The van der Waals surface area contributed by atoms with Crippen LogP contribution in [0.1, 0.15) is 25.5 Å². The molecule has 2 heterocycles. The van der Waals surface area contributed by atoms with Crippen LogP contribution in [0.25, 0.3) is 0 Å². The number of nitrogens with zero attached hydrogens (tertiary/aromatic N) is 3. The van der Waals surface area contributed by atoms with Crippen molar-refractivity contribution in [3.63, 3.8) is 0 Å². The van der Waals surface area contributed by atoms with E-state index in [0.29, 0.717) is 0 Å². The van der Waals surface area contributed by atoms with Gasteiger partial charge in [-0.3, -0.25) is 9.79 Å². The average molecular weight is 319 g/mol. The summed E-state index contributed by atoms with van der Waals surface area (Å²) >= 11 is 0. The summed E-state index contributed by atoms with van der Waals surface area (Å²) in [5.41, 5.74) is 0.165. The van der Waals surface area contributed by atoms with Gasteiger partial charge >= 0.3 is 17.8 Å². The lowest BCUT2D eigenvalue weighted by Crippen LogP contribution is -2.35. The normalized spacial score (nSPS) is 20.9. The molecule has 0 radical (unpaired) electrons. The highest BCUT2D eigenvalue weighted by Crippen LogP contribution is 2.38. The summed E-state index contributed by atoms with van der Waals surface area (Å²) in [6, 6.07) is 3.87. The fourth-order valence-electron chi connectivity index (χ4n) is 2.67. The van der Waals surface area contributed by atoms with Crippen LogP contribution in [0.3, 0.4) is 0 Å². The minimum Gasteiger partial charge on any atom is -0.481 e. The number of aliphatic carboxylic acids is 2. The Morgan fingerprint density at radius 2 is 1.91 bits per heavy atom. The maximum absolute atomic E-state index is 11.6. The van der Waals surface area contributed by atoms with Crippen LogP contribution in [-0.4, -0.2) is 37.8 Å². The number of carboxylic acid groups (broad SMARTS) is 2. The van der Waals surface area contributed by atoms with Crippen LogP contribution in [0.5, 0.6) is 0 Å². The third-order valence-corrected chi connectivity index (χ3v) is 3.59. The number of aromatic nitrogens is 1. The zero-order valence-electron chi connectivity index (χ0n) is 12.3. The molecule has 9 heteroatoms. The highest BCUT2D eigenvalue weighted by Gasteiger charge is 2.43. The van der Waals surface area contributed by atoms with Crippen molar-refractivity contribution in [2.24, 2.45) is 10.9 Å². The van der Waals surface area contributed by atoms with E-state index < -0.39 is 34.5 Å². The second-order valence-corrected chi connectivity index (χ2v) is 5.03. The largest absolute Gasteiger partial charge is 0.481 e. The fourth-order valence-corrected chi connectivity index (χ4v) is 2.67. The van der Waals surface area contributed by atoms with Gasteiger partial charge in [0.15, 0.2) is 5.69 Å². The zero-order valence-corrected chi connectivity index (χ0v) is 12.3. The van der Waals surface area contributed by atoms with E-state index in [0.717, 1.165) is 6.07 Å². The van der Waals surface area contributed by atoms with Crippen molar-refractivity contribution >= 4 is 23.5 Å². The van der Waals surface area contributed by atoms with Gasteiger partial charge in [0.25, 0.3) is 0 Å². The Kier molecular flexibility index (Phi) is 4.21. The summed E-state index contributed by atoms with van der Waals surface area (Å²) in [5.74, 6) is -5.48. The Balaban J connectivity index is 2.69. The molecule has 1 aliphatic rings. The van der Waals surface area contributed by atoms with Crippen LogP contribution in [0.4, 0.5) is 5.82 Å². The number of rotatable bonds is 4. The van der Waals surface area contributed by atoms with E-state index >= 15 is 0 Å². The molecule has 9 nitrogen and oxygen atoms in total. The Morgan fingerprint density at radius 3 is 2.43 bits per heavy atom. The molecule has 0 bridgehead atoms. The first-order chi connectivity index (χ1) is 10.7. The molecule has 1 aromatic heterocycles. The summed E-state index contributed by atoms with van der Waals surface area (Å²) in [6.45, 7) is 2.93. The van der Waals surface area contributed by atoms with Crippen LogP contribution in [0.15, 0.2) is 34.5 Å². The molecule has 0 saturated heterocycles. The number of allylic oxidation sites excluding steroid dienone is 1. The van der Waals surface area contributed by atoms with Gasteiger partial charge in [0.2, 0.25) is 0 Å². The van der Waals surface area contributed by atoms with Crippen molar-refractivity contribution in [1.82, 2.24) is 4.98 Å². The molecule has 120 valence electrons. The lowest BCUT2D eigenvalue weighted by atomic mass is 9.77. The number of carbonyl (C=O) groups is 2. The second-order valence-electron chi connectivity index (χ2n) is 5.03. The smallest absolute Gasteiger partial charge is 0.363 e. The van der Waals surface area contributed by atoms with E-state index in [1.54, 1.807) is 0 Å². The molecule has 2 N–H and O–H groups in total. The van der Waals surface area contributed by atoms with Crippen molar-refractivity contribution in [2.75, 3.05) is 0 Å². The molecule has 2 unspecified atom stereocenters. The Morgan fingerprint density at radius 1 is 1.26 bits per heavy atom. The van der Waals surface area contributed by atoms with Gasteiger partial charge in [-0.05, 0) is 35.9 Å². The van der Waals surface area contributed by atoms with Gasteiger partial charge in [-0.25, -0.2) is 4.79 Å². The maximum atomic E-state index is 11.6.